The average Bonchev–Trinajstić information content (AvgIpc) is 2.42. The minimum Gasteiger partial charge on any atom is -0.308 e. The van der Waals surface area contributed by atoms with E-state index in [1.54, 1.807) is 0 Å². The highest BCUT2D eigenvalue weighted by molar-refractivity contribution is 6.08. The summed E-state index contributed by atoms with van der Waals surface area (Å²) in [6.07, 6.45) is 3.33. The first-order valence-electron chi connectivity index (χ1n) is 6.43. The fourth-order valence-corrected chi connectivity index (χ4v) is 1.69. The molecule has 0 unspecified atom stereocenters. The Morgan fingerprint density at radius 3 is 1.95 bits per heavy atom. The number of hydrogen-bond acceptors (Lipinski definition) is 1. The quantitative estimate of drug-likeness (QED) is 0.723. The van der Waals surface area contributed by atoms with Gasteiger partial charge in [-0.15, -0.1) is 0 Å². The maximum Gasteiger partial charge on any atom is 0.0253 e. The lowest BCUT2D eigenvalue weighted by Gasteiger charge is -2.00. The molecule has 1 heteroatoms. The lowest BCUT2D eigenvalue weighted by Crippen LogP contribution is -1.84. The van der Waals surface area contributed by atoms with Gasteiger partial charge in [-0.3, -0.25) is 0 Å². The Kier molecular flexibility index (Phi) is 6.31. The van der Waals surface area contributed by atoms with Crippen LogP contribution in [-0.4, -0.2) is 6.21 Å². The largest absolute Gasteiger partial charge is 0.308 e. The molecule has 0 radical (unpaired) electrons. The average molecular weight is 251 g/mol. The molecule has 0 amide bonds. The topological polar surface area (TPSA) is 23.9 Å². The molecule has 2 rings (SSSR count). The fourth-order valence-electron chi connectivity index (χ4n) is 1.69. The third-order valence-electron chi connectivity index (χ3n) is 2.76. The molecule has 0 heterocycles. The molecule has 1 N–H and O–H groups in total. The molecule has 0 saturated carbocycles. The molecule has 2 aromatic rings. The minimum absolute atomic E-state index is 0.971. The van der Waals surface area contributed by atoms with E-state index in [0.29, 0.717) is 0 Å². The van der Waals surface area contributed by atoms with E-state index < -0.39 is 0 Å². The molecular formula is C18H21N. The normalized spacial score (nSPS) is 10.4. The van der Waals surface area contributed by atoms with Crippen LogP contribution in [0.15, 0.2) is 60.7 Å². The van der Waals surface area contributed by atoms with Gasteiger partial charge in [0.1, 0.15) is 0 Å². The van der Waals surface area contributed by atoms with E-state index in [0.717, 1.165) is 11.1 Å². The third-order valence-corrected chi connectivity index (χ3v) is 2.76. The van der Waals surface area contributed by atoms with Crippen molar-refractivity contribution in [3.8, 4) is 0 Å². The van der Waals surface area contributed by atoms with Gasteiger partial charge in [0.05, 0.1) is 0 Å². The summed E-state index contributed by atoms with van der Waals surface area (Å²) in [6, 6.07) is 18.4. The van der Waals surface area contributed by atoms with Crippen molar-refractivity contribution < 1.29 is 0 Å². The van der Waals surface area contributed by atoms with Crippen LogP contribution >= 0.6 is 0 Å². The van der Waals surface area contributed by atoms with Gasteiger partial charge in [0.2, 0.25) is 0 Å². The first-order chi connectivity index (χ1) is 9.17. The highest BCUT2D eigenvalue weighted by Gasteiger charge is 1.95. The molecule has 0 aromatic heterocycles. The standard InChI is InChI=1S/C11H13N.C7H8/c1-3-10(8-12)11-6-4-5-9(2)7-11;1-7-5-3-2-4-6-7/h3-8,12H,1-2H3;2-6H,1H3/b10-3+,12-8?;. The summed E-state index contributed by atoms with van der Waals surface area (Å²) in [4.78, 5) is 0. The van der Waals surface area contributed by atoms with Crippen LogP contribution in [0.4, 0.5) is 0 Å². The summed E-state index contributed by atoms with van der Waals surface area (Å²) in [6.45, 7) is 6.09. The summed E-state index contributed by atoms with van der Waals surface area (Å²) in [5, 5.41) is 7.17. The van der Waals surface area contributed by atoms with Gasteiger partial charge < -0.3 is 5.41 Å². The van der Waals surface area contributed by atoms with E-state index in [1.165, 1.54) is 17.3 Å². The molecule has 19 heavy (non-hydrogen) atoms. The molecule has 0 atom stereocenters. The van der Waals surface area contributed by atoms with Crippen molar-refractivity contribution in [2.45, 2.75) is 20.8 Å². The van der Waals surface area contributed by atoms with Crippen LogP contribution in [0.25, 0.3) is 5.57 Å². The Balaban J connectivity index is 0.000000218. The van der Waals surface area contributed by atoms with Gasteiger partial charge in [-0.05, 0) is 31.9 Å². The zero-order valence-electron chi connectivity index (χ0n) is 11.9. The van der Waals surface area contributed by atoms with E-state index >= 15 is 0 Å². The molecule has 0 fully saturated rings. The summed E-state index contributed by atoms with van der Waals surface area (Å²) >= 11 is 0. The predicted octanol–water partition coefficient (Wildman–Crippen LogP) is 5.04. The van der Waals surface area contributed by atoms with E-state index in [4.69, 9.17) is 5.41 Å². The van der Waals surface area contributed by atoms with Crippen molar-refractivity contribution in [3.05, 3.63) is 77.4 Å². The second-order valence-corrected chi connectivity index (χ2v) is 4.41. The van der Waals surface area contributed by atoms with Crippen LogP contribution in [0.1, 0.15) is 23.6 Å². The third kappa shape index (κ3) is 5.35. The Bertz CT molecular complexity index is 539. The number of hydrogen-bond donors (Lipinski definition) is 1. The monoisotopic (exact) mass is 251 g/mol. The van der Waals surface area contributed by atoms with Gasteiger partial charge in [-0.25, -0.2) is 0 Å². The molecule has 98 valence electrons. The van der Waals surface area contributed by atoms with Crippen molar-refractivity contribution in [1.82, 2.24) is 0 Å². The Labute approximate surface area is 116 Å². The van der Waals surface area contributed by atoms with Crippen molar-refractivity contribution >= 4 is 11.8 Å². The molecule has 0 spiro atoms. The maximum atomic E-state index is 7.17. The highest BCUT2D eigenvalue weighted by atomic mass is 14.3. The van der Waals surface area contributed by atoms with Gasteiger partial charge in [-0.2, -0.15) is 0 Å². The number of allylic oxidation sites excluding steroid dienone is 2. The molecule has 0 saturated heterocycles. The second-order valence-electron chi connectivity index (χ2n) is 4.41. The second kappa shape index (κ2) is 8.04. The first kappa shape index (κ1) is 14.9. The van der Waals surface area contributed by atoms with Gasteiger partial charge >= 0.3 is 0 Å². The first-order valence-corrected chi connectivity index (χ1v) is 6.43. The van der Waals surface area contributed by atoms with Crippen molar-refractivity contribution in [2.24, 2.45) is 0 Å². The lowest BCUT2D eigenvalue weighted by molar-refractivity contribution is 1.45. The zero-order valence-corrected chi connectivity index (χ0v) is 11.9. The smallest absolute Gasteiger partial charge is 0.0253 e. The molecule has 2 aromatic carbocycles. The summed E-state index contributed by atoms with van der Waals surface area (Å²) in [7, 11) is 0. The minimum atomic E-state index is 0.971. The fraction of sp³-hybridized carbons (Fsp3) is 0.167. The van der Waals surface area contributed by atoms with Crippen LogP contribution in [0, 0.1) is 19.3 Å². The van der Waals surface area contributed by atoms with E-state index in [-0.39, 0.29) is 0 Å². The summed E-state index contributed by atoms with van der Waals surface area (Å²) in [5.41, 5.74) is 4.64. The maximum absolute atomic E-state index is 7.17. The zero-order chi connectivity index (χ0) is 14.1. The van der Waals surface area contributed by atoms with E-state index in [9.17, 15) is 0 Å². The SMILES string of the molecule is C/C=C(\C=N)c1cccc(C)c1.Cc1ccccc1. The highest BCUT2D eigenvalue weighted by Crippen LogP contribution is 2.13. The molecule has 0 aliphatic rings. The Hall–Kier alpha value is -2.15. The Morgan fingerprint density at radius 1 is 0.895 bits per heavy atom. The Morgan fingerprint density at radius 2 is 1.53 bits per heavy atom. The lowest BCUT2D eigenvalue weighted by atomic mass is 10.0. The number of rotatable bonds is 2. The predicted molar refractivity (Wildman–Crippen MR) is 84.8 cm³/mol. The summed E-state index contributed by atoms with van der Waals surface area (Å²) in [5.74, 6) is 0. The molecular weight excluding hydrogens is 230 g/mol. The van der Waals surface area contributed by atoms with E-state index in [1.807, 2.05) is 43.3 Å². The number of nitrogens with one attached hydrogen (secondary N) is 1. The molecule has 0 bridgehead atoms. The van der Waals surface area contributed by atoms with E-state index in [2.05, 4.69) is 38.1 Å². The number of aryl methyl sites for hydroxylation is 2. The van der Waals surface area contributed by atoms with Crippen LogP contribution in [0.3, 0.4) is 0 Å². The molecule has 0 aliphatic carbocycles. The van der Waals surface area contributed by atoms with Crippen LogP contribution in [-0.2, 0) is 0 Å². The van der Waals surface area contributed by atoms with Gasteiger partial charge in [0, 0.05) is 6.21 Å². The molecule has 1 nitrogen and oxygen atoms in total. The van der Waals surface area contributed by atoms with Crippen molar-refractivity contribution in [3.63, 3.8) is 0 Å². The summed E-state index contributed by atoms with van der Waals surface area (Å²) < 4.78 is 0. The van der Waals surface area contributed by atoms with Gasteiger partial charge in [0.25, 0.3) is 0 Å². The van der Waals surface area contributed by atoms with Crippen molar-refractivity contribution in [1.29, 1.82) is 5.41 Å². The van der Waals surface area contributed by atoms with Crippen LogP contribution in [0.5, 0.6) is 0 Å². The van der Waals surface area contributed by atoms with Crippen LogP contribution < -0.4 is 0 Å². The molecule has 0 aliphatic heterocycles. The van der Waals surface area contributed by atoms with Gasteiger partial charge in [0.15, 0.2) is 0 Å². The van der Waals surface area contributed by atoms with Crippen LogP contribution in [0.2, 0.25) is 0 Å². The van der Waals surface area contributed by atoms with Crippen molar-refractivity contribution in [2.75, 3.05) is 0 Å². The number of benzene rings is 2. The van der Waals surface area contributed by atoms with Gasteiger partial charge in [-0.1, -0.05) is 71.8 Å².